The zero-order valence-electron chi connectivity index (χ0n) is 8.21. The van der Waals surface area contributed by atoms with Gasteiger partial charge in [-0.3, -0.25) is 0 Å². The topological polar surface area (TPSA) is 13.1 Å². The summed E-state index contributed by atoms with van der Waals surface area (Å²) in [6, 6.07) is 8.29. The predicted octanol–water partition coefficient (Wildman–Crippen LogP) is 3.78. The Kier molecular flexibility index (Phi) is 1.54. The summed E-state index contributed by atoms with van der Waals surface area (Å²) >= 11 is 0. The first kappa shape index (κ1) is 7.86. The molecule has 0 fully saturated rings. The van der Waals surface area contributed by atoms with E-state index in [0.717, 1.165) is 24.2 Å². The van der Waals surface area contributed by atoms with Crippen LogP contribution in [0.3, 0.4) is 0 Å². The van der Waals surface area contributed by atoms with E-state index in [1.807, 2.05) is 12.1 Å². The average molecular weight is 184 g/mol. The van der Waals surface area contributed by atoms with Gasteiger partial charge in [-0.05, 0) is 31.4 Å². The van der Waals surface area contributed by atoms with E-state index in [1.165, 1.54) is 16.5 Å². The van der Waals surface area contributed by atoms with Crippen molar-refractivity contribution in [2.24, 2.45) is 0 Å². The van der Waals surface area contributed by atoms with E-state index < -0.39 is 0 Å². The lowest BCUT2D eigenvalue weighted by Gasteiger charge is -2.07. The van der Waals surface area contributed by atoms with Gasteiger partial charge in [-0.15, -0.1) is 0 Å². The zero-order chi connectivity index (χ0) is 9.54. The van der Waals surface area contributed by atoms with E-state index in [0.29, 0.717) is 0 Å². The molecule has 0 saturated heterocycles. The molecule has 1 heteroatoms. The Morgan fingerprint density at radius 3 is 3.00 bits per heavy atom. The Labute approximate surface area is 83.0 Å². The van der Waals surface area contributed by atoms with Crippen molar-refractivity contribution >= 4 is 16.5 Å². The van der Waals surface area contributed by atoms with Gasteiger partial charge in [0.25, 0.3) is 0 Å². The van der Waals surface area contributed by atoms with Gasteiger partial charge < -0.3 is 4.42 Å². The molecule has 1 aromatic heterocycles. The van der Waals surface area contributed by atoms with E-state index in [1.54, 1.807) is 0 Å². The monoisotopic (exact) mass is 184 g/mol. The second kappa shape index (κ2) is 2.74. The second-order valence-electron chi connectivity index (χ2n) is 3.83. The summed E-state index contributed by atoms with van der Waals surface area (Å²) in [5.74, 6) is 1.09. The molecule has 0 aliphatic heterocycles. The van der Waals surface area contributed by atoms with Crippen LogP contribution < -0.4 is 0 Å². The van der Waals surface area contributed by atoms with Gasteiger partial charge in [-0.2, -0.15) is 0 Å². The van der Waals surface area contributed by atoms with E-state index in [-0.39, 0.29) is 0 Å². The van der Waals surface area contributed by atoms with Crippen molar-refractivity contribution in [1.29, 1.82) is 0 Å². The Morgan fingerprint density at radius 2 is 2.07 bits per heavy atom. The van der Waals surface area contributed by atoms with Crippen molar-refractivity contribution in [1.82, 2.24) is 0 Å². The molecule has 1 aromatic carbocycles. The average Bonchev–Trinajstić information content (AvgIpc) is 2.59. The highest BCUT2D eigenvalue weighted by molar-refractivity contribution is 5.87. The molecule has 0 unspecified atom stereocenters. The summed E-state index contributed by atoms with van der Waals surface area (Å²) in [7, 11) is 0. The molecule has 14 heavy (non-hydrogen) atoms. The fourth-order valence-electron chi connectivity index (χ4n) is 2.19. The zero-order valence-corrected chi connectivity index (χ0v) is 8.21. The smallest absolute Gasteiger partial charge is 0.135 e. The van der Waals surface area contributed by atoms with E-state index in [4.69, 9.17) is 4.42 Å². The highest BCUT2D eigenvalue weighted by Crippen LogP contribution is 2.34. The summed E-state index contributed by atoms with van der Waals surface area (Å²) in [5.41, 5.74) is 3.69. The molecule has 70 valence electrons. The summed E-state index contributed by atoms with van der Waals surface area (Å²) in [6.45, 7) is 2.13. The molecule has 2 aromatic rings. The number of para-hydroxylation sites is 1. The molecule has 3 rings (SSSR count). The minimum absolute atomic E-state index is 1.02. The number of furan rings is 1. The molecule has 0 N–H and O–H groups in total. The van der Waals surface area contributed by atoms with Crippen molar-refractivity contribution < 1.29 is 4.42 Å². The number of hydrogen-bond donors (Lipinski definition) is 0. The number of aryl methyl sites for hydroxylation is 1. The first-order valence-electron chi connectivity index (χ1n) is 5.04. The minimum Gasteiger partial charge on any atom is -0.456 e. The number of allylic oxidation sites excluding steroid dienone is 2. The Balaban J connectivity index is 2.40. The van der Waals surface area contributed by atoms with Gasteiger partial charge in [0.1, 0.15) is 11.3 Å². The summed E-state index contributed by atoms with van der Waals surface area (Å²) < 4.78 is 5.83. The first-order valence-corrected chi connectivity index (χ1v) is 5.04. The van der Waals surface area contributed by atoms with Crippen LogP contribution in [0.2, 0.25) is 0 Å². The molecule has 0 atom stereocenters. The lowest BCUT2D eigenvalue weighted by atomic mass is 9.96. The third kappa shape index (κ3) is 0.955. The maximum atomic E-state index is 5.83. The molecule has 0 bridgehead atoms. The van der Waals surface area contributed by atoms with Crippen molar-refractivity contribution in [2.45, 2.75) is 19.8 Å². The summed E-state index contributed by atoms with van der Waals surface area (Å²) in [6.07, 6.45) is 4.51. The maximum absolute atomic E-state index is 5.83. The third-order valence-electron chi connectivity index (χ3n) is 2.90. The van der Waals surface area contributed by atoms with Crippen LogP contribution in [-0.2, 0) is 6.42 Å². The summed E-state index contributed by atoms with van der Waals surface area (Å²) in [4.78, 5) is 0. The molecular weight excluding hydrogens is 172 g/mol. The lowest BCUT2D eigenvalue weighted by Crippen LogP contribution is -1.93. The van der Waals surface area contributed by atoms with Crippen LogP contribution in [0.1, 0.15) is 24.7 Å². The quantitative estimate of drug-likeness (QED) is 0.607. The number of fused-ring (bicyclic) bond motifs is 3. The molecular formula is C13H12O. The standard InChI is InChI=1S/C13H12O/c1-9-5-4-7-11-10-6-2-3-8-12(10)14-13(9)11/h2-3,5-6,8H,4,7H2,1H3. The molecule has 1 aliphatic rings. The van der Waals surface area contributed by atoms with Crippen LogP contribution in [0.15, 0.2) is 34.8 Å². The minimum atomic E-state index is 1.02. The number of rotatable bonds is 0. The van der Waals surface area contributed by atoms with Crippen molar-refractivity contribution in [3.05, 3.63) is 41.7 Å². The van der Waals surface area contributed by atoms with E-state index in [9.17, 15) is 0 Å². The maximum Gasteiger partial charge on any atom is 0.135 e. The molecule has 0 radical (unpaired) electrons. The van der Waals surface area contributed by atoms with Crippen molar-refractivity contribution in [3.8, 4) is 0 Å². The van der Waals surface area contributed by atoms with Crippen LogP contribution in [-0.4, -0.2) is 0 Å². The third-order valence-corrected chi connectivity index (χ3v) is 2.90. The first-order chi connectivity index (χ1) is 6.86. The molecule has 1 heterocycles. The normalized spacial score (nSPS) is 15.4. The van der Waals surface area contributed by atoms with Gasteiger partial charge in [0.2, 0.25) is 0 Å². The van der Waals surface area contributed by atoms with Gasteiger partial charge in [0.15, 0.2) is 0 Å². The van der Waals surface area contributed by atoms with Crippen LogP contribution >= 0.6 is 0 Å². The fourth-order valence-corrected chi connectivity index (χ4v) is 2.19. The van der Waals surface area contributed by atoms with Crippen molar-refractivity contribution in [3.63, 3.8) is 0 Å². The van der Waals surface area contributed by atoms with Crippen LogP contribution in [0.25, 0.3) is 16.5 Å². The Hall–Kier alpha value is -1.50. The molecule has 0 amide bonds. The van der Waals surface area contributed by atoms with Crippen molar-refractivity contribution in [2.75, 3.05) is 0 Å². The number of hydrogen-bond acceptors (Lipinski definition) is 1. The van der Waals surface area contributed by atoms with Crippen LogP contribution in [0.4, 0.5) is 0 Å². The highest BCUT2D eigenvalue weighted by Gasteiger charge is 2.17. The van der Waals surface area contributed by atoms with Crippen LogP contribution in [0, 0.1) is 0 Å². The van der Waals surface area contributed by atoms with Gasteiger partial charge in [-0.25, -0.2) is 0 Å². The van der Waals surface area contributed by atoms with Gasteiger partial charge in [-0.1, -0.05) is 24.3 Å². The Morgan fingerprint density at radius 1 is 1.21 bits per heavy atom. The largest absolute Gasteiger partial charge is 0.456 e. The van der Waals surface area contributed by atoms with Crippen LogP contribution in [0.5, 0.6) is 0 Å². The molecule has 1 aliphatic carbocycles. The highest BCUT2D eigenvalue weighted by atomic mass is 16.3. The Bertz CT molecular complexity index is 517. The molecule has 0 spiro atoms. The fraction of sp³-hybridized carbons (Fsp3) is 0.231. The molecule has 1 nitrogen and oxygen atoms in total. The van der Waals surface area contributed by atoms with Gasteiger partial charge in [0.05, 0.1) is 0 Å². The van der Waals surface area contributed by atoms with Gasteiger partial charge in [0, 0.05) is 10.9 Å². The molecule has 0 saturated carbocycles. The second-order valence-corrected chi connectivity index (χ2v) is 3.83. The van der Waals surface area contributed by atoms with Gasteiger partial charge >= 0.3 is 0 Å². The predicted molar refractivity (Wildman–Crippen MR) is 58.2 cm³/mol. The lowest BCUT2D eigenvalue weighted by molar-refractivity contribution is 0.590. The summed E-state index contributed by atoms with van der Waals surface area (Å²) in [5, 5.41) is 1.29. The SMILES string of the molecule is CC1=CCCc2c1oc1ccccc21. The number of benzene rings is 1. The van der Waals surface area contributed by atoms with E-state index >= 15 is 0 Å². The van der Waals surface area contributed by atoms with E-state index in [2.05, 4.69) is 25.1 Å².